The van der Waals surface area contributed by atoms with Gasteiger partial charge < -0.3 is 20.4 Å². The minimum atomic E-state index is -0.0669. The molecule has 0 amide bonds. The molecule has 4 nitrogen and oxygen atoms in total. The summed E-state index contributed by atoms with van der Waals surface area (Å²) in [5.74, 6) is 1.95. The van der Waals surface area contributed by atoms with Crippen LogP contribution in [0.25, 0.3) is 0 Å². The van der Waals surface area contributed by atoms with Crippen LogP contribution < -0.4 is 0 Å². The van der Waals surface area contributed by atoms with Crippen LogP contribution >= 0.6 is 0 Å². The molecule has 4 aromatic carbocycles. The molecule has 47 heavy (non-hydrogen) atoms. The first-order valence-electron chi connectivity index (χ1n) is 16.5. The van der Waals surface area contributed by atoms with Crippen molar-refractivity contribution in [2.45, 2.75) is 112 Å². The van der Waals surface area contributed by atoms with Crippen molar-refractivity contribution in [3.63, 3.8) is 0 Å². The Hall–Kier alpha value is -3.92. The van der Waals surface area contributed by atoms with Gasteiger partial charge in [-0.2, -0.15) is 0 Å². The van der Waals surface area contributed by atoms with Crippen LogP contribution in [0.15, 0.2) is 84.9 Å². The SMILES string of the molecule is C.C.CC1CC(C)(C)CC(c2ccc(O)cc2)(c2ccc(O)cc2)C1.Cc1cc(C2(c3ccc(O)c(C)c3)CCCCC2)ccc1O. The fourth-order valence-electron chi connectivity index (χ4n) is 8.54. The molecule has 0 radical (unpaired) electrons. The summed E-state index contributed by atoms with van der Waals surface area (Å²) in [7, 11) is 0. The predicted octanol–water partition coefficient (Wildman–Crippen LogP) is 11.5. The molecule has 4 aromatic rings. The minimum absolute atomic E-state index is 0. The van der Waals surface area contributed by atoms with E-state index < -0.39 is 0 Å². The second kappa shape index (κ2) is 14.9. The smallest absolute Gasteiger partial charge is 0.118 e. The van der Waals surface area contributed by atoms with Crippen molar-refractivity contribution in [1.82, 2.24) is 0 Å². The molecule has 2 saturated carbocycles. The van der Waals surface area contributed by atoms with Crippen LogP contribution in [0.1, 0.15) is 120 Å². The standard InChI is InChI=1S/C21H26O2.C20H24O2.2CH4/c1-15-12-20(2,3)14-21(13-15,16-4-8-18(22)9-5-16)17-6-10-19(23)11-7-17;1-14-12-16(6-8-18(14)21)20(10-4-3-5-11-20)17-7-9-19(22)15(2)13-17;;/h4-11,15,22-23H,12-14H2,1-3H3;6-9,12-13,21-22H,3-5,10-11H2,1-2H3;2*1H4. The molecule has 0 saturated heterocycles. The first-order chi connectivity index (χ1) is 21.3. The highest BCUT2D eigenvalue weighted by atomic mass is 16.3. The summed E-state index contributed by atoms with van der Waals surface area (Å²) in [6, 6.07) is 27.3. The highest BCUT2D eigenvalue weighted by molar-refractivity contribution is 5.48. The second-order valence-corrected chi connectivity index (χ2v) is 14.7. The van der Waals surface area contributed by atoms with E-state index in [2.05, 4.69) is 69.3 Å². The monoisotopic (exact) mass is 638 g/mol. The van der Waals surface area contributed by atoms with Crippen molar-refractivity contribution in [2.24, 2.45) is 11.3 Å². The van der Waals surface area contributed by atoms with Crippen molar-refractivity contribution >= 4 is 0 Å². The van der Waals surface area contributed by atoms with Gasteiger partial charge in [-0.25, -0.2) is 0 Å². The van der Waals surface area contributed by atoms with Crippen LogP contribution in [-0.4, -0.2) is 20.4 Å². The summed E-state index contributed by atoms with van der Waals surface area (Å²) < 4.78 is 0. The van der Waals surface area contributed by atoms with Crippen molar-refractivity contribution in [3.8, 4) is 23.0 Å². The zero-order valence-electron chi connectivity index (χ0n) is 27.6. The molecule has 0 spiro atoms. The highest BCUT2D eigenvalue weighted by Gasteiger charge is 2.45. The van der Waals surface area contributed by atoms with Crippen LogP contribution in [0.5, 0.6) is 23.0 Å². The second-order valence-electron chi connectivity index (χ2n) is 14.7. The molecule has 1 atom stereocenters. The Labute approximate surface area is 284 Å². The van der Waals surface area contributed by atoms with Gasteiger partial charge in [0.15, 0.2) is 0 Å². The lowest BCUT2D eigenvalue weighted by Gasteiger charge is -2.48. The molecule has 0 heterocycles. The summed E-state index contributed by atoms with van der Waals surface area (Å²) in [5, 5.41) is 39.0. The van der Waals surface area contributed by atoms with Crippen LogP contribution in [0.4, 0.5) is 0 Å². The van der Waals surface area contributed by atoms with Gasteiger partial charge in [-0.05, 0) is 127 Å². The van der Waals surface area contributed by atoms with Crippen molar-refractivity contribution in [3.05, 3.63) is 118 Å². The van der Waals surface area contributed by atoms with Crippen molar-refractivity contribution in [2.75, 3.05) is 0 Å². The number of rotatable bonds is 4. The highest BCUT2D eigenvalue weighted by Crippen LogP contribution is 2.54. The summed E-state index contributed by atoms with van der Waals surface area (Å²) in [5.41, 5.74) is 7.13. The van der Waals surface area contributed by atoms with Gasteiger partial charge in [0, 0.05) is 10.8 Å². The molecule has 4 N–H and O–H groups in total. The molecule has 1 unspecified atom stereocenters. The number of hydrogen-bond donors (Lipinski definition) is 4. The third kappa shape index (κ3) is 7.97. The van der Waals surface area contributed by atoms with Crippen molar-refractivity contribution in [1.29, 1.82) is 0 Å². The van der Waals surface area contributed by atoms with E-state index in [9.17, 15) is 20.4 Å². The summed E-state index contributed by atoms with van der Waals surface area (Å²) in [4.78, 5) is 0. The van der Waals surface area contributed by atoms with Gasteiger partial charge in [0.25, 0.3) is 0 Å². The summed E-state index contributed by atoms with van der Waals surface area (Å²) >= 11 is 0. The average Bonchev–Trinajstić information content (AvgIpc) is 3.00. The van der Waals surface area contributed by atoms with Gasteiger partial charge in [-0.1, -0.05) is 103 Å². The number of benzene rings is 4. The molecule has 2 aliphatic rings. The van der Waals surface area contributed by atoms with Gasteiger partial charge in [0.1, 0.15) is 23.0 Å². The van der Waals surface area contributed by atoms with E-state index in [0.29, 0.717) is 28.9 Å². The summed E-state index contributed by atoms with van der Waals surface area (Å²) in [6.45, 7) is 10.9. The number of hydrogen-bond acceptors (Lipinski definition) is 4. The molecule has 254 valence electrons. The molecule has 0 aromatic heterocycles. The maximum Gasteiger partial charge on any atom is 0.118 e. The lowest BCUT2D eigenvalue weighted by molar-refractivity contribution is 0.127. The zero-order valence-corrected chi connectivity index (χ0v) is 27.6. The number of aromatic hydroxyl groups is 4. The molecule has 0 aliphatic heterocycles. The molecule has 2 aliphatic carbocycles. The van der Waals surface area contributed by atoms with Gasteiger partial charge in [0.05, 0.1) is 0 Å². The molecule has 6 rings (SSSR count). The minimum Gasteiger partial charge on any atom is -0.508 e. The number of phenols is 4. The van der Waals surface area contributed by atoms with Crippen LogP contribution in [0, 0.1) is 25.2 Å². The van der Waals surface area contributed by atoms with E-state index in [0.717, 1.165) is 36.8 Å². The lowest BCUT2D eigenvalue weighted by atomic mass is 9.55. The van der Waals surface area contributed by atoms with E-state index in [1.807, 2.05) is 26.0 Å². The molecule has 0 bridgehead atoms. The molecular weight excluding hydrogens is 580 g/mol. The number of phenolic OH excluding ortho intramolecular Hbond substituents is 4. The van der Waals surface area contributed by atoms with Gasteiger partial charge in [0.2, 0.25) is 0 Å². The van der Waals surface area contributed by atoms with Gasteiger partial charge in [-0.15, -0.1) is 0 Å². The Morgan fingerprint density at radius 3 is 1.32 bits per heavy atom. The van der Waals surface area contributed by atoms with Crippen molar-refractivity contribution < 1.29 is 20.4 Å². The van der Waals surface area contributed by atoms with Crippen LogP contribution in [0.2, 0.25) is 0 Å². The number of aryl methyl sites for hydroxylation is 2. The average molecular weight is 639 g/mol. The Morgan fingerprint density at radius 2 is 0.936 bits per heavy atom. The Bertz CT molecular complexity index is 1500. The fraction of sp³-hybridized carbons (Fsp3) is 0.442. The third-order valence-electron chi connectivity index (χ3n) is 10.4. The molecule has 2 fully saturated rings. The van der Waals surface area contributed by atoms with Gasteiger partial charge in [-0.3, -0.25) is 0 Å². The normalized spacial score (nSPS) is 19.2. The molecule has 4 heteroatoms. The Morgan fingerprint density at radius 1 is 0.532 bits per heavy atom. The molecular formula is C43H58O4. The predicted molar refractivity (Wildman–Crippen MR) is 197 cm³/mol. The third-order valence-corrected chi connectivity index (χ3v) is 10.4. The van der Waals surface area contributed by atoms with E-state index >= 15 is 0 Å². The van der Waals surface area contributed by atoms with Crippen LogP contribution in [-0.2, 0) is 10.8 Å². The first kappa shape index (κ1) is 37.5. The Balaban J connectivity index is 0.000000245. The maximum absolute atomic E-state index is 9.84. The maximum atomic E-state index is 9.84. The quantitative estimate of drug-likeness (QED) is 0.179. The van der Waals surface area contributed by atoms with E-state index in [-0.39, 0.29) is 31.1 Å². The fourth-order valence-corrected chi connectivity index (χ4v) is 8.54. The van der Waals surface area contributed by atoms with E-state index in [4.69, 9.17) is 0 Å². The van der Waals surface area contributed by atoms with Crippen LogP contribution in [0.3, 0.4) is 0 Å². The Kier molecular flexibility index (Phi) is 11.9. The van der Waals surface area contributed by atoms with E-state index in [1.165, 1.54) is 47.9 Å². The van der Waals surface area contributed by atoms with Gasteiger partial charge >= 0.3 is 0 Å². The van der Waals surface area contributed by atoms with E-state index in [1.54, 1.807) is 24.3 Å². The largest absolute Gasteiger partial charge is 0.508 e. The summed E-state index contributed by atoms with van der Waals surface area (Å²) in [6.07, 6.45) is 9.37. The topological polar surface area (TPSA) is 80.9 Å². The zero-order chi connectivity index (χ0) is 32.4. The lowest BCUT2D eigenvalue weighted by Crippen LogP contribution is -2.41. The first-order valence-corrected chi connectivity index (χ1v) is 16.5.